The van der Waals surface area contributed by atoms with Gasteiger partial charge >= 0.3 is 6.03 Å². The topological polar surface area (TPSA) is 93.1 Å². The number of carbonyl (C=O) groups is 2. The SMILES string of the molecule is CC(C)c1ccccc1-n1c(SCC(=O)NC(=O)NC2CCCC2)nc2ccccc2c1=O. The number of aromatic nitrogens is 2. The van der Waals surface area contributed by atoms with E-state index in [-0.39, 0.29) is 23.3 Å². The van der Waals surface area contributed by atoms with E-state index in [2.05, 4.69) is 24.5 Å². The van der Waals surface area contributed by atoms with Gasteiger partial charge in [0.1, 0.15) is 0 Å². The maximum atomic E-state index is 13.5. The van der Waals surface area contributed by atoms with Crippen LogP contribution < -0.4 is 16.2 Å². The van der Waals surface area contributed by atoms with Crippen LogP contribution in [0.4, 0.5) is 4.79 Å². The Labute approximate surface area is 197 Å². The van der Waals surface area contributed by atoms with Crippen LogP contribution in [0.15, 0.2) is 58.5 Å². The van der Waals surface area contributed by atoms with Gasteiger partial charge < -0.3 is 5.32 Å². The lowest BCUT2D eigenvalue weighted by atomic mass is 10.0. The second-order valence-electron chi connectivity index (χ2n) is 8.56. The summed E-state index contributed by atoms with van der Waals surface area (Å²) in [6, 6.07) is 14.6. The predicted molar refractivity (Wildman–Crippen MR) is 131 cm³/mol. The summed E-state index contributed by atoms with van der Waals surface area (Å²) in [7, 11) is 0. The molecule has 172 valence electrons. The van der Waals surface area contributed by atoms with Gasteiger partial charge in [0.05, 0.1) is 22.3 Å². The molecule has 3 amide bonds. The van der Waals surface area contributed by atoms with Gasteiger partial charge in [-0.25, -0.2) is 9.78 Å². The Kier molecular flexibility index (Phi) is 7.13. The third-order valence-corrected chi connectivity index (χ3v) is 6.76. The van der Waals surface area contributed by atoms with Crippen LogP contribution in [0.25, 0.3) is 16.6 Å². The molecule has 4 rings (SSSR count). The van der Waals surface area contributed by atoms with Crippen molar-refractivity contribution in [2.75, 3.05) is 5.75 Å². The normalized spacial score (nSPS) is 14.0. The van der Waals surface area contributed by atoms with E-state index < -0.39 is 11.9 Å². The molecule has 0 spiro atoms. The Hall–Kier alpha value is -3.13. The molecule has 8 heteroatoms. The largest absolute Gasteiger partial charge is 0.335 e. The van der Waals surface area contributed by atoms with Crippen LogP contribution in [0, 0.1) is 0 Å². The van der Waals surface area contributed by atoms with Crippen LogP contribution in [-0.4, -0.2) is 33.3 Å². The van der Waals surface area contributed by atoms with Crippen molar-refractivity contribution in [3.8, 4) is 5.69 Å². The second kappa shape index (κ2) is 10.2. The summed E-state index contributed by atoms with van der Waals surface area (Å²) in [6.07, 6.45) is 4.08. The number of hydrogen-bond acceptors (Lipinski definition) is 5. The zero-order valence-electron chi connectivity index (χ0n) is 18.8. The van der Waals surface area contributed by atoms with Crippen molar-refractivity contribution in [1.29, 1.82) is 0 Å². The first-order chi connectivity index (χ1) is 15.9. The van der Waals surface area contributed by atoms with Gasteiger partial charge in [0.15, 0.2) is 5.16 Å². The minimum Gasteiger partial charge on any atom is -0.335 e. The Bertz CT molecular complexity index is 1230. The van der Waals surface area contributed by atoms with Crippen molar-refractivity contribution in [3.63, 3.8) is 0 Å². The van der Waals surface area contributed by atoms with E-state index in [4.69, 9.17) is 4.98 Å². The fraction of sp³-hybridized carbons (Fsp3) is 0.360. The average Bonchev–Trinajstić information content (AvgIpc) is 3.30. The molecule has 1 saturated carbocycles. The van der Waals surface area contributed by atoms with Crippen molar-refractivity contribution >= 4 is 34.6 Å². The lowest BCUT2D eigenvalue weighted by molar-refractivity contribution is -0.117. The number of imide groups is 1. The number of para-hydroxylation sites is 2. The van der Waals surface area contributed by atoms with Gasteiger partial charge in [-0.1, -0.05) is 68.8 Å². The van der Waals surface area contributed by atoms with Gasteiger partial charge in [-0.15, -0.1) is 0 Å². The Morgan fingerprint density at radius 3 is 2.55 bits per heavy atom. The first kappa shape index (κ1) is 23.0. The zero-order chi connectivity index (χ0) is 23.4. The molecule has 0 saturated heterocycles. The van der Waals surface area contributed by atoms with Crippen molar-refractivity contribution < 1.29 is 9.59 Å². The van der Waals surface area contributed by atoms with Gasteiger partial charge in [-0.3, -0.25) is 19.5 Å². The predicted octanol–water partition coefficient (Wildman–Crippen LogP) is 4.37. The average molecular weight is 465 g/mol. The molecule has 33 heavy (non-hydrogen) atoms. The molecule has 0 aliphatic heterocycles. The maximum absolute atomic E-state index is 13.5. The van der Waals surface area contributed by atoms with Crippen molar-refractivity contribution in [2.24, 2.45) is 0 Å². The van der Waals surface area contributed by atoms with E-state index in [1.165, 1.54) is 0 Å². The number of fused-ring (bicyclic) bond motifs is 1. The van der Waals surface area contributed by atoms with Gasteiger partial charge in [-0.05, 0) is 42.5 Å². The molecule has 2 N–H and O–H groups in total. The molecule has 1 aliphatic carbocycles. The third kappa shape index (κ3) is 5.27. The van der Waals surface area contributed by atoms with E-state index in [0.717, 1.165) is 48.7 Å². The van der Waals surface area contributed by atoms with Crippen LogP contribution >= 0.6 is 11.8 Å². The molecule has 3 aromatic rings. The Balaban J connectivity index is 1.62. The summed E-state index contributed by atoms with van der Waals surface area (Å²) in [4.78, 5) is 42.8. The highest BCUT2D eigenvalue weighted by molar-refractivity contribution is 7.99. The van der Waals surface area contributed by atoms with Crippen LogP contribution in [-0.2, 0) is 4.79 Å². The highest BCUT2D eigenvalue weighted by atomic mass is 32.2. The molecule has 0 unspecified atom stereocenters. The maximum Gasteiger partial charge on any atom is 0.321 e. The first-order valence-corrected chi connectivity index (χ1v) is 12.3. The third-order valence-electron chi connectivity index (χ3n) is 5.82. The summed E-state index contributed by atoms with van der Waals surface area (Å²) < 4.78 is 1.58. The molecule has 2 aromatic carbocycles. The summed E-state index contributed by atoms with van der Waals surface area (Å²) >= 11 is 1.14. The number of hydrogen-bond donors (Lipinski definition) is 2. The lowest BCUT2D eigenvalue weighted by Gasteiger charge is -2.18. The summed E-state index contributed by atoms with van der Waals surface area (Å²) in [5, 5.41) is 6.17. The van der Waals surface area contributed by atoms with Crippen LogP contribution in [0.1, 0.15) is 51.0 Å². The molecule has 1 heterocycles. The quantitative estimate of drug-likeness (QED) is 0.417. The van der Waals surface area contributed by atoms with Crippen molar-refractivity contribution in [1.82, 2.24) is 20.2 Å². The van der Waals surface area contributed by atoms with Crippen molar-refractivity contribution in [3.05, 3.63) is 64.4 Å². The molecular formula is C25H28N4O3S. The molecule has 0 radical (unpaired) electrons. The van der Waals surface area contributed by atoms with E-state index in [9.17, 15) is 14.4 Å². The highest BCUT2D eigenvalue weighted by Crippen LogP contribution is 2.27. The molecule has 0 atom stereocenters. The number of nitrogens with one attached hydrogen (secondary N) is 2. The molecule has 0 bridgehead atoms. The molecule has 1 aliphatic rings. The number of urea groups is 1. The lowest BCUT2D eigenvalue weighted by Crippen LogP contribution is -2.44. The van der Waals surface area contributed by atoms with Gasteiger partial charge in [0.25, 0.3) is 5.56 Å². The number of nitrogens with zero attached hydrogens (tertiary/aromatic N) is 2. The van der Waals surface area contributed by atoms with Gasteiger partial charge in [-0.2, -0.15) is 0 Å². The molecular weight excluding hydrogens is 436 g/mol. The number of thioether (sulfide) groups is 1. The van der Waals surface area contributed by atoms with Gasteiger partial charge in [0.2, 0.25) is 5.91 Å². The fourth-order valence-corrected chi connectivity index (χ4v) is 4.99. The molecule has 1 aromatic heterocycles. The van der Waals surface area contributed by atoms with Crippen molar-refractivity contribution in [2.45, 2.75) is 56.6 Å². The van der Waals surface area contributed by atoms with E-state index >= 15 is 0 Å². The summed E-state index contributed by atoms with van der Waals surface area (Å²) in [5.74, 6) is -0.270. The standard InChI is InChI=1S/C25H28N4O3S/c1-16(2)18-11-6-8-14-21(18)29-23(31)19-12-5-7-13-20(19)27-25(29)33-15-22(30)28-24(32)26-17-9-3-4-10-17/h5-8,11-14,16-17H,3-4,9-10,15H2,1-2H3,(H2,26,28,30,32). The Morgan fingerprint density at radius 2 is 1.79 bits per heavy atom. The number of carbonyl (C=O) groups excluding carboxylic acids is 2. The second-order valence-corrected chi connectivity index (χ2v) is 9.50. The highest BCUT2D eigenvalue weighted by Gasteiger charge is 2.20. The molecule has 1 fully saturated rings. The molecule has 7 nitrogen and oxygen atoms in total. The number of benzene rings is 2. The van der Waals surface area contributed by atoms with Gasteiger partial charge in [0, 0.05) is 6.04 Å². The summed E-state index contributed by atoms with van der Waals surface area (Å²) in [6.45, 7) is 4.14. The minimum absolute atomic E-state index is 0.0350. The van der Waals surface area contributed by atoms with E-state index in [1.807, 2.05) is 36.4 Å². The smallest absolute Gasteiger partial charge is 0.321 e. The van der Waals surface area contributed by atoms with Crippen LogP contribution in [0.3, 0.4) is 0 Å². The number of rotatable bonds is 6. The zero-order valence-corrected chi connectivity index (χ0v) is 19.7. The van der Waals surface area contributed by atoms with Crippen LogP contribution in [0.2, 0.25) is 0 Å². The first-order valence-electron chi connectivity index (χ1n) is 11.3. The van der Waals surface area contributed by atoms with Crippen LogP contribution in [0.5, 0.6) is 0 Å². The Morgan fingerprint density at radius 1 is 1.09 bits per heavy atom. The summed E-state index contributed by atoms with van der Waals surface area (Å²) in [5.41, 5.74) is 2.15. The monoisotopic (exact) mass is 464 g/mol. The fourth-order valence-electron chi connectivity index (χ4n) is 4.19. The minimum atomic E-state index is -0.471. The van der Waals surface area contributed by atoms with E-state index in [1.54, 1.807) is 16.7 Å². The van der Waals surface area contributed by atoms with E-state index in [0.29, 0.717) is 16.1 Å². The number of amides is 3.